The molecule has 0 radical (unpaired) electrons. The van der Waals surface area contributed by atoms with Gasteiger partial charge in [-0.05, 0) is 37.3 Å². The highest BCUT2D eigenvalue weighted by Crippen LogP contribution is 2.26. The molecule has 0 amide bonds. The van der Waals surface area contributed by atoms with Gasteiger partial charge in [-0.15, -0.1) is 0 Å². The third-order valence-corrected chi connectivity index (χ3v) is 4.73. The van der Waals surface area contributed by atoms with Gasteiger partial charge >= 0.3 is 0 Å². The first-order valence-corrected chi connectivity index (χ1v) is 7.38. The van der Waals surface area contributed by atoms with Crippen molar-refractivity contribution in [3.05, 3.63) is 24.0 Å². The van der Waals surface area contributed by atoms with Crippen LogP contribution in [0.2, 0.25) is 0 Å². The molecule has 1 heterocycles. The number of nitrogens with zero attached hydrogens (tertiary/aromatic N) is 2. The zero-order valence-corrected chi connectivity index (χ0v) is 10.9. The van der Waals surface area contributed by atoms with Crippen LogP contribution in [0.15, 0.2) is 23.2 Å². The molecular formula is C12H15N3O2S. The molecule has 1 aromatic rings. The van der Waals surface area contributed by atoms with E-state index in [1.54, 1.807) is 6.07 Å². The molecule has 1 N–H and O–H groups in total. The van der Waals surface area contributed by atoms with Crippen LogP contribution in [0.25, 0.3) is 0 Å². The van der Waals surface area contributed by atoms with E-state index in [1.165, 1.54) is 18.3 Å². The van der Waals surface area contributed by atoms with Gasteiger partial charge in [-0.3, -0.25) is 0 Å². The van der Waals surface area contributed by atoms with E-state index in [4.69, 9.17) is 5.26 Å². The topological polar surface area (TPSA) is 82.8 Å². The van der Waals surface area contributed by atoms with Gasteiger partial charge in [0.2, 0.25) is 10.0 Å². The predicted octanol–water partition coefficient (Wildman–Crippen LogP) is 1.42. The lowest BCUT2D eigenvalue weighted by Gasteiger charge is -2.13. The number of hydrogen-bond acceptors (Lipinski definition) is 4. The van der Waals surface area contributed by atoms with Gasteiger partial charge < -0.3 is 0 Å². The summed E-state index contributed by atoms with van der Waals surface area (Å²) in [5, 5.41) is 8.88. The molecular weight excluding hydrogens is 250 g/mol. The van der Waals surface area contributed by atoms with Crippen molar-refractivity contribution in [2.24, 2.45) is 5.92 Å². The zero-order chi connectivity index (χ0) is 13.2. The molecule has 18 heavy (non-hydrogen) atoms. The second-order valence-corrected chi connectivity index (χ2v) is 6.38. The number of hydrogen-bond donors (Lipinski definition) is 1. The summed E-state index contributed by atoms with van der Waals surface area (Å²) >= 11 is 0. The summed E-state index contributed by atoms with van der Waals surface area (Å²) in [6.45, 7) is 2.11. The monoisotopic (exact) mass is 265 g/mol. The summed E-state index contributed by atoms with van der Waals surface area (Å²) in [7, 11) is -3.64. The summed E-state index contributed by atoms with van der Waals surface area (Å²) < 4.78 is 27.0. The minimum absolute atomic E-state index is 0.0308. The molecule has 1 aromatic heterocycles. The van der Waals surface area contributed by atoms with Gasteiger partial charge in [0.05, 0.1) is 0 Å². The molecule has 0 spiro atoms. The number of sulfonamides is 1. The quantitative estimate of drug-likeness (QED) is 0.896. The minimum atomic E-state index is -3.64. The maximum Gasteiger partial charge on any atom is 0.243 e. The highest BCUT2D eigenvalue weighted by atomic mass is 32.2. The predicted molar refractivity (Wildman–Crippen MR) is 66.1 cm³/mol. The summed E-state index contributed by atoms with van der Waals surface area (Å²) in [6.07, 6.45) is 4.14. The molecule has 2 atom stereocenters. The normalized spacial score (nSPS) is 23.8. The lowest BCUT2D eigenvalue weighted by molar-refractivity contribution is 0.538. The molecule has 0 saturated heterocycles. The smallest absolute Gasteiger partial charge is 0.243 e. The molecule has 1 aliphatic carbocycles. The number of nitrogens with one attached hydrogen (secondary N) is 1. The summed E-state index contributed by atoms with van der Waals surface area (Å²) in [6, 6.07) is 4.70. The molecule has 0 bridgehead atoms. The van der Waals surface area contributed by atoms with E-state index in [2.05, 4.69) is 16.6 Å². The van der Waals surface area contributed by atoms with Crippen LogP contribution in [0, 0.1) is 17.2 Å². The van der Waals surface area contributed by atoms with Gasteiger partial charge in [0.15, 0.2) is 5.69 Å². The Labute approximate surface area is 107 Å². The van der Waals surface area contributed by atoms with E-state index in [9.17, 15) is 8.42 Å². The van der Waals surface area contributed by atoms with Crippen molar-refractivity contribution in [3.8, 4) is 6.07 Å². The van der Waals surface area contributed by atoms with Crippen molar-refractivity contribution in [1.82, 2.24) is 9.71 Å². The molecule has 1 aliphatic rings. The van der Waals surface area contributed by atoms with Gasteiger partial charge in [-0.25, -0.2) is 18.1 Å². The van der Waals surface area contributed by atoms with Crippen LogP contribution in [0.3, 0.4) is 0 Å². The van der Waals surface area contributed by atoms with Crippen LogP contribution in [0.1, 0.15) is 31.9 Å². The van der Waals surface area contributed by atoms with Crippen LogP contribution in [-0.4, -0.2) is 19.4 Å². The van der Waals surface area contributed by atoms with Crippen LogP contribution in [0.4, 0.5) is 0 Å². The highest BCUT2D eigenvalue weighted by molar-refractivity contribution is 7.89. The van der Waals surface area contributed by atoms with Crippen LogP contribution >= 0.6 is 0 Å². The Kier molecular flexibility index (Phi) is 3.64. The maximum atomic E-state index is 12.2. The molecule has 2 rings (SSSR count). The van der Waals surface area contributed by atoms with Crippen molar-refractivity contribution in [2.75, 3.05) is 0 Å². The Morgan fingerprint density at radius 1 is 1.50 bits per heavy atom. The van der Waals surface area contributed by atoms with Crippen molar-refractivity contribution in [1.29, 1.82) is 5.26 Å². The Morgan fingerprint density at radius 3 is 2.89 bits per heavy atom. The Bertz CT molecular complexity index is 577. The summed E-state index contributed by atoms with van der Waals surface area (Å²) in [5.74, 6) is 0.544. The van der Waals surface area contributed by atoms with E-state index in [1.807, 2.05) is 0 Å². The fourth-order valence-electron chi connectivity index (χ4n) is 2.29. The molecule has 1 saturated carbocycles. The van der Waals surface area contributed by atoms with Crippen molar-refractivity contribution in [3.63, 3.8) is 0 Å². The molecule has 6 heteroatoms. The van der Waals surface area contributed by atoms with Crippen LogP contribution in [0.5, 0.6) is 0 Å². The SMILES string of the molecule is CC1CCC(NS(=O)(=O)c2cccnc2C#N)C1. The van der Waals surface area contributed by atoms with E-state index < -0.39 is 10.0 Å². The number of nitriles is 1. The second-order valence-electron chi connectivity index (χ2n) is 4.70. The molecule has 0 aromatic carbocycles. The third-order valence-electron chi connectivity index (χ3n) is 3.18. The fourth-order valence-corrected chi connectivity index (χ4v) is 3.68. The number of aromatic nitrogens is 1. The third kappa shape index (κ3) is 2.68. The standard InChI is InChI=1S/C12H15N3O2S/c1-9-4-5-10(7-9)15-18(16,17)12-3-2-6-14-11(12)8-13/h2-3,6,9-10,15H,4-5,7H2,1H3. The summed E-state index contributed by atoms with van der Waals surface area (Å²) in [4.78, 5) is 3.74. The molecule has 5 nitrogen and oxygen atoms in total. The largest absolute Gasteiger partial charge is 0.244 e. The van der Waals surface area contributed by atoms with Crippen molar-refractivity contribution in [2.45, 2.75) is 37.1 Å². The molecule has 2 unspecified atom stereocenters. The Morgan fingerprint density at radius 2 is 2.28 bits per heavy atom. The van der Waals surface area contributed by atoms with Gasteiger partial charge in [0, 0.05) is 12.2 Å². The zero-order valence-electron chi connectivity index (χ0n) is 10.1. The first-order valence-electron chi connectivity index (χ1n) is 5.90. The van der Waals surface area contributed by atoms with Gasteiger partial charge in [-0.2, -0.15) is 5.26 Å². The van der Waals surface area contributed by atoms with Crippen molar-refractivity contribution < 1.29 is 8.42 Å². The van der Waals surface area contributed by atoms with Gasteiger partial charge in [0.1, 0.15) is 11.0 Å². The second kappa shape index (κ2) is 5.04. The molecule has 1 fully saturated rings. The van der Waals surface area contributed by atoms with E-state index >= 15 is 0 Å². The summed E-state index contributed by atoms with van der Waals surface area (Å²) in [5.41, 5.74) is -0.0592. The first-order chi connectivity index (χ1) is 8.53. The Hall–Kier alpha value is -1.45. The van der Waals surface area contributed by atoms with E-state index in [0.717, 1.165) is 19.3 Å². The first kappa shape index (κ1) is 13.0. The lowest BCUT2D eigenvalue weighted by Crippen LogP contribution is -2.33. The number of rotatable bonds is 3. The lowest BCUT2D eigenvalue weighted by atomic mass is 10.1. The Balaban J connectivity index is 2.24. The fraction of sp³-hybridized carbons (Fsp3) is 0.500. The minimum Gasteiger partial charge on any atom is -0.244 e. The van der Waals surface area contributed by atoms with Crippen molar-refractivity contribution >= 4 is 10.0 Å². The van der Waals surface area contributed by atoms with Gasteiger partial charge in [-0.1, -0.05) is 6.92 Å². The highest BCUT2D eigenvalue weighted by Gasteiger charge is 2.28. The van der Waals surface area contributed by atoms with Crippen LogP contribution in [-0.2, 0) is 10.0 Å². The number of pyridine rings is 1. The molecule has 96 valence electrons. The average molecular weight is 265 g/mol. The van der Waals surface area contributed by atoms with Gasteiger partial charge in [0.25, 0.3) is 0 Å². The molecule has 0 aliphatic heterocycles. The average Bonchev–Trinajstić information content (AvgIpc) is 2.74. The van der Waals surface area contributed by atoms with Crippen LogP contribution < -0.4 is 4.72 Å². The van der Waals surface area contributed by atoms with E-state index in [0.29, 0.717) is 5.92 Å². The maximum absolute atomic E-state index is 12.2. The van der Waals surface area contributed by atoms with E-state index in [-0.39, 0.29) is 16.6 Å².